The van der Waals surface area contributed by atoms with E-state index in [-0.39, 0.29) is 19.0 Å². The number of benzene rings is 1. The molecule has 0 aliphatic carbocycles. The molecule has 2 aromatic heterocycles. The maximum atomic E-state index is 14.4. The summed E-state index contributed by atoms with van der Waals surface area (Å²) in [6.45, 7) is 2.99. The molecule has 3 N–H and O–H groups in total. The van der Waals surface area contributed by atoms with E-state index >= 15 is 0 Å². The topological polar surface area (TPSA) is 94.5 Å². The predicted octanol–water partition coefficient (Wildman–Crippen LogP) is 2.26. The average molecular weight is 407 g/mol. The first-order chi connectivity index (χ1) is 13.7. The van der Waals surface area contributed by atoms with Crippen LogP contribution < -0.4 is 11.1 Å². The lowest BCUT2D eigenvalue weighted by Gasteiger charge is -2.23. The number of halogens is 3. The molecule has 0 aliphatic rings. The monoisotopic (exact) mass is 407 g/mol. The lowest BCUT2D eigenvalue weighted by Crippen LogP contribution is -2.51. The van der Waals surface area contributed by atoms with Gasteiger partial charge in [0.2, 0.25) is 11.9 Å². The summed E-state index contributed by atoms with van der Waals surface area (Å²) in [5.74, 6) is -4.68. The molecule has 0 aliphatic heterocycles. The summed E-state index contributed by atoms with van der Waals surface area (Å²) in [4.78, 5) is 12.4. The number of rotatable bonds is 7. The molecule has 10 heteroatoms. The van der Waals surface area contributed by atoms with Crippen LogP contribution in [-0.4, -0.2) is 32.7 Å². The van der Waals surface area contributed by atoms with Crippen molar-refractivity contribution in [3.05, 3.63) is 65.4 Å². The lowest BCUT2D eigenvalue weighted by molar-refractivity contribution is -0.126. The van der Waals surface area contributed by atoms with Crippen molar-refractivity contribution in [2.24, 2.45) is 5.73 Å². The maximum absolute atomic E-state index is 14.4. The average Bonchev–Trinajstić information content (AvgIpc) is 3.11. The van der Waals surface area contributed by atoms with Crippen LogP contribution in [0, 0.1) is 17.6 Å². The van der Waals surface area contributed by atoms with E-state index < -0.39 is 40.7 Å². The van der Waals surface area contributed by atoms with Crippen LogP contribution in [0.3, 0.4) is 0 Å². The molecule has 0 saturated carbocycles. The summed E-state index contributed by atoms with van der Waals surface area (Å²) in [7, 11) is 0. The van der Waals surface area contributed by atoms with E-state index in [0.29, 0.717) is 10.5 Å². The molecule has 0 radical (unpaired) electrons. The van der Waals surface area contributed by atoms with Crippen molar-refractivity contribution in [1.82, 2.24) is 19.9 Å². The van der Waals surface area contributed by atoms with E-state index in [9.17, 15) is 18.0 Å². The molecule has 3 rings (SSSR count). The van der Waals surface area contributed by atoms with Crippen molar-refractivity contribution < 1.29 is 22.7 Å². The van der Waals surface area contributed by atoms with Crippen LogP contribution in [0.15, 0.2) is 36.4 Å². The van der Waals surface area contributed by atoms with E-state index in [0.717, 1.165) is 5.56 Å². The fraction of sp³-hybridized carbons (Fsp3) is 0.316. The number of pyridine rings is 1. The largest absolute Gasteiger partial charge is 0.374 e. The highest BCUT2D eigenvalue weighted by Crippen LogP contribution is 2.20. The van der Waals surface area contributed by atoms with Crippen LogP contribution in [0.2, 0.25) is 0 Å². The summed E-state index contributed by atoms with van der Waals surface area (Å²) in [6, 6.07) is 8.53. The molecule has 29 heavy (non-hydrogen) atoms. The zero-order valence-corrected chi connectivity index (χ0v) is 15.8. The molecule has 7 nitrogen and oxygen atoms in total. The van der Waals surface area contributed by atoms with E-state index in [1.807, 2.05) is 30.3 Å². The van der Waals surface area contributed by atoms with E-state index in [4.69, 9.17) is 10.5 Å². The Morgan fingerprint density at radius 2 is 1.90 bits per heavy atom. The summed E-state index contributed by atoms with van der Waals surface area (Å²) in [5.41, 5.74) is 4.91. The number of amides is 1. The fourth-order valence-electron chi connectivity index (χ4n) is 2.61. The van der Waals surface area contributed by atoms with Crippen molar-refractivity contribution in [2.45, 2.75) is 32.0 Å². The number of carbonyl (C=O) groups excluding carboxylic acids is 1. The highest BCUT2D eigenvalue weighted by Gasteiger charge is 2.30. The van der Waals surface area contributed by atoms with Crippen molar-refractivity contribution >= 4 is 11.6 Å². The Morgan fingerprint density at radius 3 is 2.55 bits per heavy atom. The number of hydrogen-bond acceptors (Lipinski definition) is 5. The first-order valence-electron chi connectivity index (χ1n) is 8.78. The SMILES string of the molecule is CC(C)(N)C(=O)N[C@H](COCc1ccccc1)c1nnc2c(F)cc(F)c(F)n12. The van der Waals surface area contributed by atoms with Crippen LogP contribution in [-0.2, 0) is 16.1 Å². The minimum atomic E-state index is -1.41. The number of nitrogens with two attached hydrogens (primary N) is 1. The van der Waals surface area contributed by atoms with Gasteiger partial charge in [-0.25, -0.2) is 13.2 Å². The quantitative estimate of drug-likeness (QED) is 0.586. The highest BCUT2D eigenvalue weighted by molar-refractivity contribution is 5.85. The van der Waals surface area contributed by atoms with Crippen LogP contribution in [0.5, 0.6) is 0 Å². The Bertz CT molecular complexity index is 1020. The zero-order chi connectivity index (χ0) is 21.2. The van der Waals surface area contributed by atoms with E-state index in [1.54, 1.807) is 0 Å². The van der Waals surface area contributed by atoms with Gasteiger partial charge in [-0.2, -0.15) is 4.39 Å². The smallest absolute Gasteiger partial charge is 0.240 e. The molecule has 3 aromatic rings. The van der Waals surface area contributed by atoms with Gasteiger partial charge in [0.15, 0.2) is 23.1 Å². The Hall–Kier alpha value is -2.98. The normalized spacial score (nSPS) is 12.9. The third-order valence-corrected chi connectivity index (χ3v) is 4.15. The molecular weight excluding hydrogens is 387 g/mol. The summed E-state index contributed by atoms with van der Waals surface area (Å²) in [6.07, 6.45) is 0. The van der Waals surface area contributed by atoms with E-state index in [2.05, 4.69) is 15.5 Å². The third-order valence-electron chi connectivity index (χ3n) is 4.15. The summed E-state index contributed by atoms with van der Waals surface area (Å²) >= 11 is 0. The molecule has 0 fully saturated rings. The van der Waals surface area contributed by atoms with Crippen LogP contribution in [0.4, 0.5) is 13.2 Å². The molecule has 0 spiro atoms. The van der Waals surface area contributed by atoms with Gasteiger partial charge in [-0.15, -0.1) is 10.2 Å². The number of aromatic nitrogens is 3. The predicted molar refractivity (Wildman–Crippen MR) is 98.1 cm³/mol. The number of nitrogens with one attached hydrogen (secondary N) is 1. The number of fused-ring (bicyclic) bond motifs is 1. The lowest BCUT2D eigenvalue weighted by atomic mass is 10.1. The minimum Gasteiger partial charge on any atom is -0.374 e. The van der Waals surface area contributed by atoms with Crippen molar-refractivity contribution in [3.63, 3.8) is 0 Å². The number of hydrogen-bond donors (Lipinski definition) is 2. The molecule has 0 bridgehead atoms. The molecule has 2 heterocycles. The molecule has 1 aromatic carbocycles. The van der Waals surface area contributed by atoms with Gasteiger partial charge in [-0.05, 0) is 19.4 Å². The van der Waals surface area contributed by atoms with Crippen molar-refractivity contribution in [3.8, 4) is 0 Å². The third kappa shape index (κ3) is 4.54. The van der Waals surface area contributed by atoms with Gasteiger partial charge in [0.1, 0.15) is 6.04 Å². The molecular formula is C19H20F3N5O2. The summed E-state index contributed by atoms with van der Waals surface area (Å²) in [5, 5.41) is 9.90. The first-order valence-corrected chi connectivity index (χ1v) is 8.78. The second kappa shape index (κ2) is 8.18. The number of nitrogens with zero attached hydrogens (tertiary/aromatic N) is 3. The van der Waals surface area contributed by atoms with Crippen LogP contribution in [0.1, 0.15) is 31.3 Å². The Kier molecular flexibility index (Phi) is 5.85. The molecule has 154 valence electrons. The molecule has 0 unspecified atom stereocenters. The van der Waals surface area contributed by atoms with E-state index in [1.165, 1.54) is 13.8 Å². The molecule has 1 amide bonds. The first kappa shape index (κ1) is 20.7. The van der Waals surface area contributed by atoms with Crippen LogP contribution in [0.25, 0.3) is 5.65 Å². The zero-order valence-electron chi connectivity index (χ0n) is 15.8. The van der Waals surface area contributed by atoms with Crippen molar-refractivity contribution in [1.29, 1.82) is 0 Å². The van der Waals surface area contributed by atoms with Crippen molar-refractivity contribution in [2.75, 3.05) is 6.61 Å². The molecule has 1 atom stereocenters. The molecule has 0 saturated heterocycles. The van der Waals surface area contributed by atoms with Crippen LogP contribution >= 0.6 is 0 Å². The maximum Gasteiger partial charge on any atom is 0.240 e. The van der Waals surface area contributed by atoms with Gasteiger partial charge in [0, 0.05) is 6.07 Å². The summed E-state index contributed by atoms with van der Waals surface area (Å²) < 4.78 is 48.2. The van der Waals surface area contributed by atoms with Gasteiger partial charge in [0.05, 0.1) is 18.8 Å². The van der Waals surface area contributed by atoms with Gasteiger partial charge < -0.3 is 15.8 Å². The minimum absolute atomic E-state index is 0.158. The Balaban J connectivity index is 1.92. The van der Waals surface area contributed by atoms with Gasteiger partial charge >= 0.3 is 0 Å². The Morgan fingerprint density at radius 1 is 1.21 bits per heavy atom. The van der Waals surface area contributed by atoms with Gasteiger partial charge in [-0.3, -0.25) is 4.79 Å². The highest BCUT2D eigenvalue weighted by atomic mass is 19.2. The van der Waals surface area contributed by atoms with Gasteiger partial charge in [0.25, 0.3) is 0 Å². The fourth-order valence-corrected chi connectivity index (χ4v) is 2.61. The van der Waals surface area contributed by atoms with Gasteiger partial charge in [-0.1, -0.05) is 30.3 Å². The Labute approximate surface area is 164 Å². The second-order valence-electron chi connectivity index (χ2n) is 7.10. The number of carbonyl (C=O) groups is 1. The number of ether oxygens (including phenoxy) is 1. The standard InChI is InChI=1S/C19H20F3N5O2/c1-19(2,23)18(28)24-14(10-29-9-11-6-4-3-5-7-11)17-26-25-16-13(21)8-12(20)15(22)27(16)17/h3-8,14H,9-10,23H2,1-2H3,(H,24,28)/t14-/m1/s1. The second-order valence-corrected chi connectivity index (χ2v) is 7.10.